The van der Waals surface area contributed by atoms with Crippen molar-refractivity contribution < 1.29 is 17.2 Å². The van der Waals surface area contributed by atoms with Gasteiger partial charge in [0.05, 0.1) is 16.2 Å². The van der Waals surface area contributed by atoms with E-state index in [-0.39, 0.29) is 28.4 Å². The van der Waals surface area contributed by atoms with Crippen LogP contribution < -0.4 is 15.4 Å². The van der Waals surface area contributed by atoms with Gasteiger partial charge in [0.15, 0.2) is 5.82 Å². The van der Waals surface area contributed by atoms with Crippen LogP contribution in [-0.4, -0.2) is 32.5 Å². The number of sulfonamides is 1. The van der Waals surface area contributed by atoms with Crippen LogP contribution in [0.2, 0.25) is 5.02 Å². The summed E-state index contributed by atoms with van der Waals surface area (Å²) in [5.74, 6) is -1.14. The number of thiazole rings is 1. The highest BCUT2D eigenvalue weighted by Gasteiger charge is 2.23. The van der Waals surface area contributed by atoms with Gasteiger partial charge in [-0.1, -0.05) is 29.8 Å². The summed E-state index contributed by atoms with van der Waals surface area (Å²) in [7, 11) is -4.18. The molecule has 32 heavy (non-hydrogen) atoms. The Balaban J connectivity index is 1.51. The Morgan fingerprint density at radius 1 is 1.22 bits per heavy atom. The van der Waals surface area contributed by atoms with Crippen molar-refractivity contribution in [3.05, 3.63) is 75.6 Å². The molecule has 0 saturated carbocycles. The van der Waals surface area contributed by atoms with Crippen LogP contribution in [0, 0.1) is 11.6 Å². The second kappa shape index (κ2) is 9.53. The number of nitrogens with zero attached hydrogens (tertiary/aromatic N) is 1. The molecule has 0 fully saturated rings. The molecule has 1 aliphatic heterocycles. The minimum absolute atomic E-state index is 0.0631. The molecular weight excluding hydrogens is 478 g/mol. The molecule has 0 aliphatic carbocycles. The van der Waals surface area contributed by atoms with Gasteiger partial charge in [0.1, 0.15) is 16.5 Å². The van der Waals surface area contributed by atoms with Crippen LogP contribution in [0.4, 0.5) is 20.3 Å². The van der Waals surface area contributed by atoms with Gasteiger partial charge in [-0.25, -0.2) is 22.2 Å². The van der Waals surface area contributed by atoms with E-state index in [2.05, 4.69) is 26.4 Å². The summed E-state index contributed by atoms with van der Waals surface area (Å²) in [5, 5.41) is 8.02. The first-order valence-corrected chi connectivity index (χ1v) is 12.5. The fourth-order valence-corrected chi connectivity index (χ4v) is 5.36. The zero-order valence-electron chi connectivity index (χ0n) is 16.6. The largest absolute Gasteiger partial charge is 0.382 e. The Labute approximate surface area is 193 Å². The SMILES string of the molecule is O=S(=O)(Nc1cscn1)c1cc(Cl)c(NC[C@H]2NCCC=C2c2ccc(F)cc2)cc1F. The van der Waals surface area contributed by atoms with Gasteiger partial charge in [-0.15, -0.1) is 11.3 Å². The molecule has 0 radical (unpaired) electrons. The molecule has 3 aromatic rings. The fraction of sp³-hybridized carbons (Fsp3) is 0.190. The lowest BCUT2D eigenvalue weighted by Gasteiger charge is -2.27. The summed E-state index contributed by atoms with van der Waals surface area (Å²) in [6.07, 6.45) is 2.91. The summed E-state index contributed by atoms with van der Waals surface area (Å²) in [6.45, 7) is 1.13. The van der Waals surface area contributed by atoms with Gasteiger partial charge in [-0.3, -0.25) is 4.72 Å². The Morgan fingerprint density at radius 2 is 2.00 bits per heavy atom. The molecule has 1 aliphatic rings. The topological polar surface area (TPSA) is 83.1 Å². The van der Waals surface area contributed by atoms with Gasteiger partial charge < -0.3 is 10.6 Å². The second-order valence-corrected chi connectivity index (χ2v) is 9.86. The molecule has 6 nitrogen and oxygen atoms in total. The molecule has 0 amide bonds. The average Bonchev–Trinajstić information content (AvgIpc) is 3.27. The molecule has 4 rings (SSSR count). The van der Waals surface area contributed by atoms with E-state index in [1.807, 2.05) is 0 Å². The van der Waals surface area contributed by atoms with E-state index in [1.165, 1.54) is 34.4 Å². The van der Waals surface area contributed by atoms with Gasteiger partial charge in [-0.05, 0) is 48.4 Å². The third-order valence-corrected chi connectivity index (χ3v) is 7.20. The maximum absolute atomic E-state index is 14.7. The van der Waals surface area contributed by atoms with E-state index in [0.29, 0.717) is 6.54 Å². The number of halogens is 3. The van der Waals surface area contributed by atoms with Gasteiger partial charge in [0, 0.05) is 18.0 Å². The molecule has 0 bridgehead atoms. The Morgan fingerprint density at radius 3 is 2.72 bits per heavy atom. The van der Waals surface area contributed by atoms with Crippen LogP contribution in [0.5, 0.6) is 0 Å². The number of hydrogen-bond acceptors (Lipinski definition) is 6. The van der Waals surface area contributed by atoms with Gasteiger partial charge in [-0.2, -0.15) is 0 Å². The zero-order chi connectivity index (χ0) is 22.7. The quantitative estimate of drug-likeness (QED) is 0.440. The molecule has 11 heteroatoms. The highest BCUT2D eigenvalue weighted by atomic mass is 35.5. The number of hydrogen-bond donors (Lipinski definition) is 3. The van der Waals surface area contributed by atoms with E-state index in [1.54, 1.807) is 12.1 Å². The van der Waals surface area contributed by atoms with Crippen molar-refractivity contribution in [1.82, 2.24) is 10.3 Å². The first-order valence-electron chi connectivity index (χ1n) is 9.67. The van der Waals surface area contributed by atoms with Crippen LogP contribution in [0.1, 0.15) is 12.0 Å². The summed E-state index contributed by atoms with van der Waals surface area (Å²) >= 11 is 7.47. The summed E-state index contributed by atoms with van der Waals surface area (Å²) in [6, 6.07) is 8.23. The van der Waals surface area contributed by atoms with E-state index >= 15 is 0 Å². The molecule has 168 valence electrons. The van der Waals surface area contributed by atoms with Crippen molar-refractivity contribution in [3.8, 4) is 0 Å². The lowest BCUT2D eigenvalue weighted by atomic mass is 9.94. The summed E-state index contributed by atoms with van der Waals surface area (Å²) in [4.78, 5) is 3.28. The number of benzene rings is 2. The van der Waals surface area contributed by atoms with Crippen molar-refractivity contribution in [2.24, 2.45) is 0 Å². The van der Waals surface area contributed by atoms with Gasteiger partial charge >= 0.3 is 0 Å². The molecular formula is C21H19ClF2N4O2S2. The Kier molecular flexibility index (Phi) is 6.75. The van der Waals surface area contributed by atoms with Crippen molar-refractivity contribution in [2.75, 3.05) is 23.1 Å². The minimum atomic E-state index is -4.18. The molecule has 1 aromatic heterocycles. The second-order valence-electron chi connectivity index (χ2n) is 7.08. The summed E-state index contributed by atoms with van der Waals surface area (Å²) in [5.41, 5.74) is 3.61. The van der Waals surface area contributed by atoms with Gasteiger partial charge in [0.2, 0.25) is 0 Å². The third-order valence-electron chi connectivity index (χ3n) is 4.93. The third kappa shape index (κ3) is 5.09. The lowest BCUT2D eigenvalue weighted by Crippen LogP contribution is -2.39. The molecule has 0 saturated heterocycles. The predicted octanol–water partition coefficient (Wildman–Crippen LogP) is 4.73. The Bertz CT molecular complexity index is 1230. The number of anilines is 2. The van der Waals surface area contributed by atoms with E-state index in [0.717, 1.165) is 36.2 Å². The van der Waals surface area contributed by atoms with Crippen molar-refractivity contribution in [1.29, 1.82) is 0 Å². The maximum Gasteiger partial charge on any atom is 0.266 e. The zero-order valence-corrected chi connectivity index (χ0v) is 19.0. The molecule has 2 heterocycles. The van der Waals surface area contributed by atoms with Crippen molar-refractivity contribution in [3.63, 3.8) is 0 Å². The first kappa shape index (κ1) is 22.7. The lowest BCUT2D eigenvalue weighted by molar-refractivity contribution is 0.570. The maximum atomic E-state index is 14.7. The van der Waals surface area contributed by atoms with Crippen LogP contribution in [0.25, 0.3) is 5.57 Å². The number of nitrogens with one attached hydrogen (secondary N) is 3. The van der Waals surface area contributed by atoms with E-state index in [4.69, 9.17) is 11.6 Å². The number of rotatable bonds is 7. The van der Waals surface area contributed by atoms with Crippen LogP contribution in [-0.2, 0) is 10.0 Å². The van der Waals surface area contributed by atoms with Crippen molar-refractivity contribution in [2.45, 2.75) is 17.4 Å². The molecule has 2 aromatic carbocycles. The monoisotopic (exact) mass is 496 g/mol. The summed E-state index contributed by atoms with van der Waals surface area (Å²) < 4.78 is 55.2. The van der Waals surface area contributed by atoms with Crippen LogP contribution >= 0.6 is 22.9 Å². The fourth-order valence-electron chi connectivity index (χ4n) is 3.42. The normalized spacial score (nSPS) is 16.5. The van der Waals surface area contributed by atoms with Crippen LogP contribution in [0.3, 0.4) is 0 Å². The Hall–Kier alpha value is -2.53. The average molecular weight is 497 g/mol. The predicted molar refractivity (Wildman–Crippen MR) is 124 cm³/mol. The molecule has 0 spiro atoms. The highest BCUT2D eigenvalue weighted by molar-refractivity contribution is 7.92. The van der Waals surface area contributed by atoms with Crippen molar-refractivity contribution >= 4 is 50.0 Å². The smallest absolute Gasteiger partial charge is 0.266 e. The minimum Gasteiger partial charge on any atom is -0.382 e. The number of aromatic nitrogens is 1. The van der Waals surface area contributed by atoms with E-state index < -0.39 is 20.7 Å². The molecule has 1 atom stereocenters. The van der Waals surface area contributed by atoms with E-state index in [9.17, 15) is 17.2 Å². The molecule has 0 unspecified atom stereocenters. The van der Waals surface area contributed by atoms with Crippen LogP contribution in [0.15, 0.2) is 58.3 Å². The standard InChI is InChI=1S/C21H19ClF2N4O2S2/c22-16-8-20(32(29,30)28-21-11-31-12-27-21)17(24)9-18(16)26-10-19-15(2-1-7-25-19)13-3-5-14(23)6-4-13/h2-6,8-9,11-12,19,25-26,28H,1,7,10H2/t19-/m1/s1. The van der Waals surface area contributed by atoms with Gasteiger partial charge in [0.25, 0.3) is 10.0 Å². The first-order chi connectivity index (χ1) is 15.3. The highest BCUT2D eigenvalue weighted by Crippen LogP contribution is 2.30. The molecule has 3 N–H and O–H groups in total.